The van der Waals surface area contributed by atoms with Gasteiger partial charge in [-0.1, -0.05) is 43.7 Å². The number of hydrogen-bond donors (Lipinski definition) is 0. The van der Waals surface area contributed by atoms with Crippen LogP contribution in [-0.2, 0) is 6.42 Å². The van der Waals surface area contributed by atoms with Crippen molar-refractivity contribution in [2.24, 2.45) is 11.8 Å². The van der Waals surface area contributed by atoms with Gasteiger partial charge in [-0.15, -0.1) is 0 Å². The molecule has 0 bridgehead atoms. The van der Waals surface area contributed by atoms with Crippen LogP contribution in [-0.4, -0.2) is 4.98 Å². The summed E-state index contributed by atoms with van der Waals surface area (Å²) in [5.41, 5.74) is 9.84. The van der Waals surface area contributed by atoms with E-state index in [0.29, 0.717) is 5.89 Å². The second-order valence-corrected chi connectivity index (χ2v) is 10.3. The average Bonchev–Trinajstić information content (AvgIpc) is 3.72. The summed E-state index contributed by atoms with van der Waals surface area (Å²) in [6, 6.07) is 27.9. The number of hydrogen-bond acceptors (Lipinski definition) is 3. The molecule has 170 valence electrons. The molecule has 35 heavy (non-hydrogen) atoms. The van der Waals surface area contributed by atoms with E-state index in [4.69, 9.17) is 8.83 Å². The van der Waals surface area contributed by atoms with Crippen molar-refractivity contribution in [1.29, 1.82) is 0 Å². The van der Waals surface area contributed by atoms with Crippen LogP contribution in [0.5, 0.6) is 0 Å². The SMILES string of the molecule is CCCc1ccc2oc3c(-c4ccc(-c5nc6ccccc6o5)cc4)cc(C4C5CC54)cc3c2c1. The van der Waals surface area contributed by atoms with Crippen LogP contribution in [0.4, 0.5) is 0 Å². The highest BCUT2D eigenvalue weighted by molar-refractivity contribution is 6.10. The van der Waals surface area contributed by atoms with Gasteiger partial charge in [0.2, 0.25) is 5.89 Å². The maximum Gasteiger partial charge on any atom is 0.227 e. The molecule has 2 unspecified atom stereocenters. The summed E-state index contributed by atoms with van der Waals surface area (Å²) in [7, 11) is 0. The van der Waals surface area contributed by atoms with Crippen molar-refractivity contribution in [3.05, 3.63) is 90.0 Å². The summed E-state index contributed by atoms with van der Waals surface area (Å²) in [4.78, 5) is 4.66. The molecule has 8 rings (SSSR count). The summed E-state index contributed by atoms with van der Waals surface area (Å²) in [6.07, 6.45) is 3.65. The number of benzene rings is 4. The number of para-hydroxylation sites is 2. The molecule has 2 fully saturated rings. The van der Waals surface area contributed by atoms with Crippen LogP contribution in [0, 0.1) is 11.8 Å². The van der Waals surface area contributed by atoms with E-state index in [2.05, 4.69) is 66.5 Å². The van der Waals surface area contributed by atoms with Gasteiger partial charge < -0.3 is 8.83 Å². The standard InChI is InChI=1S/C32H25NO2/c1-2-5-18-8-13-28-23(14-18)26-16-21(30-24-17-25(24)30)15-22(31(26)34-28)19-9-11-20(12-10-19)32-33-27-6-3-4-7-29(27)35-32/h3-4,6-16,24-25,30H,2,5,17H2,1H3. The van der Waals surface area contributed by atoms with Gasteiger partial charge >= 0.3 is 0 Å². The summed E-state index contributed by atoms with van der Waals surface area (Å²) >= 11 is 0. The molecule has 0 amide bonds. The zero-order chi connectivity index (χ0) is 23.1. The summed E-state index contributed by atoms with van der Waals surface area (Å²) in [6.45, 7) is 2.23. The topological polar surface area (TPSA) is 39.2 Å². The average molecular weight is 456 g/mol. The maximum absolute atomic E-state index is 6.49. The first-order valence-electron chi connectivity index (χ1n) is 12.7. The van der Waals surface area contributed by atoms with Gasteiger partial charge in [0.25, 0.3) is 0 Å². The molecule has 3 nitrogen and oxygen atoms in total. The second-order valence-electron chi connectivity index (χ2n) is 10.3. The third-order valence-electron chi connectivity index (χ3n) is 7.99. The minimum Gasteiger partial charge on any atom is -0.455 e. The van der Waals surface area contributed by atoms with Gasteiger partial charge in [-0.2, -0.15) is 0 Å². The summed E-state index contributed by atoms with van der Waals surface area (Å²) in [5.74, 6) is 3.22. The first kappa shape index (κ1) is 19.5. The van der Waals surface area contributed by atoms with Gasteiger partial charge in [0.15, 0.2) is 5.58 Å². The van der Waals surface area contributed by atoms with E-state index in [1.165, 1.54) is 39.4 Å². The fourth-order valence-electron chi connectivity index (χ4n) is 5.86. The fraction of sp³-hybridized carbons (Fsp3) is 0.219. The zero-order valence-corrected chi connectivity index (χ0v) is 19.6. The minimum absolute atomic E-state index is 0.655. The third kappa shape index (κ3) is 3.01. The lowest BCUT2D eigenvalue weighted by Crippen LogP contribution is -1.91. The molecule has 4 aromatic carbocycles. The predicted molar refractivity (Wildman–Crippen MR) is 140 cm³/mol. The molecule has 2 aliphatic carbocycles. The molecular weight excluding hydrogens is 430 g/mol. The molecule has 6 aromatic rings. The molecule has 0 spiro atoms. The number of nitrogens with zero attached hydrogens (tertiary/aromatic N) is 1. The Bertz CT molecular complexity index is 1710. The number of oxazole rings is 1. The molecule has 0 radical (unpaired) electrons. The number of fused-ring (bicyclic) bond motifs is 5. The first-order valence-corrected chi connectivity index (χ1v) is 12.7. The highest BCUT2D eigenvalue weighted by Gasteiger charge is 2.64. The van der Waals surface area contributed by atoms with Gasteiger partial charge in [0.1, 0.15) is 16.7 Å². The lowest BCUT2D eigenvalue weighted by molar-refractivity contribution is 0.620. The molecule has 3 heteroatoms. The molecule has 2 aliphatic rings. The highest BCUT2D eigenvalue weighted by Crippen LogP contribution is 2.73. The van der Waals surface area contributed by atoms with Crippen LogP contribution in [0.25, 0.3) is 55.6 Å². The van der Waals surface area contributed by atoms with Crippen LogP contribution in [0.1, 0.15) is 36.8 Å². The molecule has 0 saturated heterocycles. The van der Waals surface area contributed by atoms with Crippen LogP contribution in [0.15, 0.2) is 87.7 Å². The lowest BCUT2D eigenvalue weighted by Gasteiger charge is -2.10. The normalized spacial score (nSPS) is 20.5. The fourth-order valence-corrected chi connectivity index (χ4v) is 5.86. The quantitative estimate of drug-likeness (QED) is 0.261. The van der Waals surface area contributed by atoms with Crippen molar-refractivity contribution < 1.29 is 8.83 Å². The smallest absolute Gasteiger partial charge is 0.227 e. The van der Waals surface area contributed by atoms with E-state index in [1.807, 2.05) is 24.3 Å². The number of aryl methyl sites for hydroxylation is 1. The Morgan fingerprint density at radius 2 is 1.63 bits per heavy atom. The Balaban J connectivity index is 1.27. The van der Waals surface area contributed by atoms with E-state index in [9.17, 15) is 0 Å². The van der Waals surface area contributed by atoms with Crippen LogP contribution in [0.3, 0.4) is 0 Å². The van der Waals surface area contributed by atoms with Crippen molar-refractivity contribution in [3.8, 4) is 22.6 Å². The second kappa shape index (κ2) is 7.08. The van der Waals surface area contributed by atoms with Crippen molar-refractivity contribution in [2.45, 2.75) is 32.1 Å². The summed E-state index contributed by atoms with van der Waals surface area (Å²) < 4.78 is 12.5. The van der Waals surface area contributed by atoms with Crippen molar-refractivity contribution >= 4 is 33.0 Å². The Morgan fingerprint density at radius 1 is 0.800 bits per heavy atom. The third-order valence-corrected chi connectivity index (χ3v) is 7.99. The van der Waals surface area contributed by atoms with Gasteiger partial charge in [0.05, 0.1) is 0 Å². The minimum atomic E-state index is 0.655. The van der Waals surface area contributed by atoms with E-state index >= 15 is 0 Å². The molecular formula is C32H25NO2. The molecule has 2 saturated carbocycles. The number of furan rings is 1. The van der Waals surface area contributed by atoms with E-state index in [1.54, 1.807) is 0 Å². The Hall–Kier alpha value is -3.85. The Labute approximate surface area is 203 Å². The largest absolute Gasteiger partial charge is 0.455 e. The monoisotopic (exact) mass is 455 g/mol. The van der Waals surface area contributed by atoms with Crippen molar-refractivity contribution in [3.63, 3.8) is 0 Å². The van der Waals surface area contributed by atoms with Gasteiger partial charge in [-0.25, -0.2) is 4.98 Å². The Morgan fingerprint density at radius 3 is 2.40 bits per heavy atom. The summed E-state index contributed by atoms with van der Waals surface area (Å²) in [5, 5.41) is 2.49. The maximum atomic E-state index is 6.49. The van der Waals surface area contributed by atoms with E-state index < -0.39 is 0 Å². The van der Waals surface area contributed by atoms with E-state index in [0.717, 1.165) is 58.4 Å². The molecule has 2 aromatic heterocycles. The number of aromatic nitrogens is 1. The molecule has 2 heterocycles. The van der Waals surface area contributed by atoms with Crippen molar-refractivity contribution in [1.82, 2.24) is 4.98 Å². The zero-order valence-electron chi connectivity index (χ0n) is 19.6. The van der Waals surface area contributed by atoms with Crippen LogP contribution >= 0.6 is 0 Å². The van der Waals surface area contributed by atoms with Gasteiger partial charge in [-0.3, -0.25) is 0 Å². The highest BCUT2D eigenvalue weighted by atomic mass is 16.3. The number of rotatable bonds is 5. The van der Waals surface area contributed by atoms with Crippen molar-refractivity contribution in [2.75, 3.05) is 0 Å². The Kier molecular flexibility index (Phi) is 3.94. The first-order chi connectivity index (χ1) is 17.3. The molecule has 2 atom stereocenters. The van der Waals surface area contributed by atoms with E-state index in [-0.39, 0.29) is 0 Å². The van der Waals surface area contributed by atoms with Crippen LogP contribution < -0.4 is 0 Å². The van der Waals surface area contributed by atoms with Gasteiger partial charge in [-0.05, 0) is 95.8 Å². The molecule has 0 N–H and O–H groups in total. The predicted octanol–water partition coefficient (Wildman–Crippen LogP) is 8.75. The lowest BCUT2D eigenvalue weighted by atomic mass is 9.94. The van der Waals surface area contributed by atoms with Crippen LogP contribution in [0.2, 0.25) is 0 Å². The van der Waals surface area contributed by atoms with Gasteiger partial charge in [0, 0.05) is 21.9 Å². The molecule has 0 aliphatic heterocycles.